The highest BCUT2D eigenvalue weighted by Crippen LogP contribution is 2.23. The fourth-order valence-electron chi connectivity index (χ4n) is 3.78. The van der Waals surface area contributed by atoms with Gasteiger partial charge in [-0.25, -0.2) is 19.4 Å². The van der Waals surface area contributed by atoms with Gasteiger partial charge in [0.15, 0.2) is 18.5 Å². The normalized spacial score (nSPS) is 29.1. The summed E-state index contributed by atoms with van der Waals surface area (Å²) in [5.74, 6) is -2.18. The molecule has 1 fully saturated rings. The standard InChI is InChI=1S/C21H32N6O10/c1-8(35-19-12(29)6-11(28)9(2)37-19)4-5-13(30)36-10(3)14(18(31)32)24-20(33)26-17-15-16(23-7-22-15)25-21(34)27-17/h7-12,14,16,19,28-29H,4-6H2,1-3H3,(H,22,23)(H,31,32)(H2,24,26,33)(H2,25,27,34)/t8-,9?,10-,11+,12?,14+,16?,19+/m1/s1. The van der Waals surface area contributed by atoms with Crippen LogP contribution in [0.25, 0.3) is 0 Å². The lowest BCUT2D eigenvalue weighted by Gasteiger charge is -2.36. The van der Waals surface area contributed by atoms with Crippen molar-refractivity contribution < 1.29 is 48.7 Å². The van der Waals surface area contributed by atoms with Gasteiger partial charge in [-0.3, -0.25) is 15.4 Å². The number of carbonyl (C=O) groups excluding carboxylic acids is 3. The summed E-state index contributed by atoms with van der Waals surface area (Å²) >= 11 is 0. The number of rotatable bonds is 10. The third-order valence-corrected chi connectivity index (χ3v) is 5.88. The zero-order valence-electron chi connectivity index (χ0n) is 20.5. The molecule has 0 bridgehead atoms. The van der Waals surface area contributed by atoms with Crippen molar-refractivity contribution in [3.8, 4) is 0 Å². The van der Waals surface area contributed by atoms with Gasteiger partial charge >= 0.3 is 24.0 Å². The monoisotopic (exact) mass is 528 g/mol. The van der Waals surface area contributed by atoms with E-state index in [1.165, 1.54) is 13.3 Å². The highest BCUT2D eigenvalue weighted by molar-refractivity contribution is 5.86. The zero-order valence-corrected chi connectivity index (χ0v) is 20.5. The number of aliphatic hydroxyl groups excluding tert-OH is 2. The van der Waals surface area contributed by atoms with E-state index in [-0.39, 0.29) is 25.1 Å². The maximum Gasteiger partial charge on any atom is 0.330 e. The molecule has 37 heavy (non-hydrogen) atoms. The molecule has 8 N–H and O–H groups in total. The Kier molecular flexibility index (Phi) is 9.25. The molecule has 3 heterocycles. The summed E-state index contributed by atoms with van der Waals surface area (Å²) in [5, 5.41) is 41.5. The SMILES string of the molecule is CC1O[C@H](O[C@H](C)CCC(=O)O[C@H](C)[C@H](NC(=O)NC2=C3NC=NC3NC(=O)N2)C(=O)O)C(O)C[C@@H]1O. The number of hydrogen-bond acceptors (Lipinski definition) is 11. The first-order valence-electron chi connectivity index (χ1n) is 11.7. The van der Waals surface area contributed by atoms with Gasteiger partial charge in [0.2, 0.25) is 0 Å². The maximum atomic E-state index is 12.4. The van der Waals surface area contributed by atoms with Crippen LogP contribution in [0.5, 0.6) is 0 Å². The van der Waals surface area contributed by atoms with Crippen LogP contribution in [-0.4, -0.2) is 94.7 Å². The molecule has 16 nitrogen and oxygen atoms in total. The molecule has 3 rings (SSSR count). The van der Waals surface area contributed by atoms with Crippen LogP contribution in [0.15, 0.2) is 16.5 Å². The number of carboxylic acid groups (broad SMARTS) is 1. The van der Waals surface area contributed by atoms with Crippen LogP contribution < -0.4 is 26.6 Å². The Morgan fingerprint density at radius 2 is 2.00 bits per heavy atom. The Bertz CT molecular complexity index is 958. The number of amides is 4. The lowest BCUT2D eigenvalue weighted by atomic mass is 10.0. The minimum absolute atomic E-state index is 0.0116. The Balaban J connectivity index is 1.46. The van der Waals surface area contributed by atoms with Gasteiger partial charge in [-0.15, -0.1) is 0 Å². The number of nitrogens with one attached hydrogen (secondary N) is 5. The third kappa shape index (κ3) is 7.51. The summed E-state index contributed by atoms with van der Waals surface area (Å²) in [5.41, 5.74) is 0.356. The van der Waals surface area contributed by atoms with Crippen LogP contribution in [0, 0.1) is 0 Å². The Labute approximate surface area is 211 Å². The molecule has 16 heteroatoms. The lowest BCUT2D eigenvalue weighted by Crippen LogP contribution is -2.56. The Morgan fingerprint density at radius 3 is 2.70 bits per heavy atom. The van der Waals surface area contributed by atoms with Crippen molar-refractivity contribution in [2.75, 3.05) is 0 Å². The minimum Gasteiger partial charge on any atom is -0.480 e. The first-order chi connectivity index (χ1) is 17.4. The molecule has 0 radical (unpaired) electrons. The summed E-state index contributed by atoms with van der Waals surface area (Å²) in [4.78, 5) is 52.1. The van der Waals surface area contributed by atoms with Crippen molar-refractivity contribution in [3.05, 3.63) is 11.5 Å². The molecular formula is C21H32N6O10. The van der Waals surface area contributed by atoms with Gasteiger partial charge in [0.1, 0.15) is 23.7 Å². The minimum atomic E-state index is -1.59. The van der Waals surface area contributed by atoms with Gasteiger partial charge in [0.05, 0.1) is 24.7 Å². The molecule has 3 aliphatic rings. The first kappa shape index (κ1) is 28.1. The topological polar surface area (TPSA) is 229 Å². The predicted molar refractivity (Wildman–Crippen MR) is 124 cm³/mol. The van der Waals surface area contributed by atoms with Crippen molar-refractivity contribution in [1.82, 2.24) is 26.6 Å². The van der Waals surface area contributed by atoms with Gasteiger partial charge in [-0.2, -0.15) is 0 Å². The summed E-state index contributed by atoms with van der Waals surface area (Å²) in [7, 11) is 0. The molecule has 3 aliphatic heterocycles. The Morgan fingerprint density at radius 1 is 1.27 bits per heavy atom. The highest BCUT2D eigenvalue weighted by Gasteiger charge is 2.36. The highest BCUT2D eigenvalue weighted by atomic mass is 16.7. The van der Waals surface area contributed by atoms with Crippen LogP contribution in [0.3, 0.4) is 0 Å². The molecule has 0 spiro atoms. The van der Waals surface area contributed by atoms with Gasteiger partial charge < -0.3 is 45.5 Å². The van der Waals surface area contributed by atoms with Crippen molar-refractivity contribution in [3.63, 3.8) is 0 Å². The van der Waals surface area contributed by atoms with E-state index in [1.807, 2.05) is 0 Å². The van der Waals surface area contributed by atoms with E-state index in [2.05, 4.69) is 31.6 Å². The van der Waals surface area contributed by atoms with E-state index < -0.39 is 73.0 Å². The van der Waals surface area contributed by atoms with E-state index in [1.54, 1.807) is 13.8 Å². The molecule has 0 aromatic carbocycles. The predicted octanol–water partition coefficient (Wildman–Crippen LogP) is -1.85. The second-order valence-corrected chi connectivity index (χ2v) is 8.89. The molecule has 0 aliphatic carbocycles. The molecule has 0 aromatic rings. The quantitative estimate of drug-likeness (QED) is 0.147. The van der Waals surface area contributed by atoms with Crippen molar-refractivity contribution in [2.24, 2.45) is 4.99 Å². The average molecular weight is 529 g/mol. The molecular weight excluding hydrogens is 496 g/mol. The van der Waals surface area contributed by atoms with Gasteiger partial charge in [0, 0.05) is 12.8 Å². The smallest absolute Gasteiger partial charge is 0.330 e. The molecule has 1 saturated heterocycles. The van der Waals surface area contributed by atoms with Crippen LogP contribution in [-0.2, 0) is 23.8 Å². The van der Waals surface area contributed by atoms with Crippen LogP contribution >= 0.6 is 0 Å². The number of aliphatic carboxylic acids is 1. The van der Waals surface area contributed by atoms with E-state index >= 15 is 0 Å². The van der Waals surface area contributed by atoms with Crippen LogP contribution in [0.1, 0.15) is 40.0 Å². The van der Waals surface area contributed by atoms with Crippen molar-refractivity contribution in [1.29, 1.82) is 0 Å². The van der Waals surface area contributed by atoms with Crippen molar-refractivity contribution in [2.45, 2.75) is 89.1 Å². The number of hydrogen-bond donors (Lipinski definition) is 8. The summed E-state index contributed by atoms with van der Waals surface area (Å²) in [6, 6.07) is -3.17. The average Bonchev–Trinajstić information content (AvgIpc) is 3.28. The fraction of sp³-hybridized carbons (Fsp3) is 0.667. The number of urea groups is 2. The van der Waals surface area contributed by atoms with Gasteiger partial charge in [-0.05, 0) is 27.2 Å². The number of ether oxygens (including phenoxy) is 3. The van der Waals surface area contributed by atoms with E-state index in [4.69, 9.17) is 14.2 Å². The molecule has 0 saturated carbocycles. The molecule has 8 atom stereocenters. The van der Waals surface area contributed by atoms with Gasteiger partial charge in [-0.1, -0.05) is 0 Å². The molecule has 206 valence electrons. The number of fused-ring (bicyclic) bond motifs is 1. The van der Waals surface area contributed by atoms with E-state index in [0.717, 1.165) is 0 Å². The largest absolute Gasteiger partial charge is 0.480 e. The van der Waals surface area contributed by atoms with Crippen LogP contribution in [0.2, 0.25) is 0 Å². The number of carboxylic acids is 1. The number of nitrogens with zero attached hydrogens (tertiary/aromatic N) is 1. The lowest BCUT2D eigenvalue weighted by molar-refractivity contribution is -0.273. The fourth-order valence-corrected chi connectivity index (χ4v) is 3.78. The van der Waals surface area contributed by atoms with Crippen LogP contribution in [0.4, 0.5) is 9.59 Å². The summed E-state index contributed by atoms with van der Waals surface area (Å²) < 4.78 is 16.3. The second kappa shape index (κ2) is 12.2. The number of carbonyl (C=O) groups is 4. The summed E-state index contributed by atoms with van der Waals surface area (Å²) in [6.07, 6.45) is -4.29. The van der Waals surface area contributed by atoms with E-state index in [9.17, 15) is 34.5 Å². The Hall–Kier alpha value is -3.47. The number of aliphatic imine (C=N–C) groups is 1. The summed E-state index contributed by atoms with van der Waals surface area (Å²) in [6.45, 7) is 4.63. The number of aliphatic hydroxyl groups is 2. The van der Waals surface area contributed by atoms with E-state index in [0.29, 0.717) is 5.70 Å². The zero-order chi connectivity index (χ0) is 27.3. The first-order valence-corrected chi connectivity index (χ1v) is 11.7. The second-order valence-electron chi connectivity index (χ2n) is 8.89. The van der Waals surface area contributed by atoms with Gasteiger partial charge in [0.25, 0.3) is 0 Å². The number of esters is 1. The molecule has 4 amide bonds. The van der Waals surface area contributed by atoms with Crippen molar-refractivity contribution >= 4 is 30.3 Å². The molecule has 0 aromatic heterocycles. The maximum absolute atomic E-state index is 12.4. The third-order valence-electron chi connectivity index (χ3n) is 5.88. The molecule has 3 unspecified atom stereocenters.